The number of benzene rings is 3. The molecule has 2 heterocycles. The zero-order valence-electron chi connectivity index (χ0n) is 25.5. The quantitative estimate of drug-likeness (QED) is 0.257. The molecule has 242 valence electrons. The standard InChI is InChI=1S/C34H42ClFN4O4S/c1-23-21-38-22-27(40(23)45(42,43)28-8-3-2-4-9-28)7-5-10-29-30(36)11-6-12-31(29)39-34(41)33(37)32(25-17-19-44-20-18-25)24-13-15-26(35)16-14-24/h2-4,6,8-9,11-16,23,25,27,32-33,38H,5,7,10,17-22,37H2,1H3,(H,39,41). The van der Waals surface area contributed by atoms with Gasteiger partial charge in [-0.15, -0.1) is 0 Å². The molecule has 3 aromatic rings. The number of hydrogen-bond donors (Lipinski definition) is 3. The molecular weight excluding hydrogens is 615 g/mol. The summed E-state index contributed by atoms with van der Waals surface area (Å²) in [5.41, 5.74) is 8.35. The molecule has 4 atom stereocenters. The number of sulfonamides is 1. The number of carbonyl (C=O) groups excluding carboxylic acids is 1. The fourth-order valence-electron chi connectivity index (χ4n) is 6.73. The molecule has 11 heteroatoms. The van der Waals surface area contributed by atoms with Crippen LogP contribution in [-0.4, -0.2) is 63.1 Å². The lowest BCUT2D eigenvalue weighted by molar-refractivity contribution is -0.118. The highest BCUT2D eigenvalue weighted by molar-refractivity contribution is 7.89. The Morgan fingerprint density at radius 1 is 1.07 bits per heavy atom. The van der Waals surface area contributed by atoms with Gasteiger partial charge < -0.3 is 21.1 Å². The topological polar surface area (TPSA) is 114 Å². The van der Waals surface area contributed by atoms with Gasteiger partial charge in [-0.1, -0.05) is 48.0 Å². The van der Waals surface area contributed by atoms with E-state index in [1.807, 2.05) is 19.1 Å². The molecule has 8 nitrogen and oxygen atoms in total. The van der Waals surface area contributed by atoms with Gasteiger partial charge in [-0.25, -0.2) is 12.8 Å². The highest BCUT2D eigenvalue weighted by Crippen LogP contribution is 2.36. The lowest BCUT2D eigenvalue weighted by Crippen LogP contribution is -2.58. The second-order valence-corrected chi connectivity index (χ2v) is 14.3. The third kappa shape index (κ3) is 7.93. The molecule has 0 aliphatic carbocycles. The van der Waals surface area contributed by atoms with Crippen molar-refractivity contribution in [3.05, 3.63) is 94.8 Å². The van der Waals surface area contributed by atoms with E-state index in [4.69, 9.17) is 22.1 Å². The van der Waals surface area contributed by atoms with Crippen LogP contribution in [-0.2, 0) is 26.0 Å². The Morgan fingerprint density at radius 3 is 2.49 bits per heavy atom. The monoisotopic (exact) mass is 656 g/mol. The SMILES string of the molecule is CC1CNCC(CCCc2c(F)cccc2NC(=O)C(N)C(c2ccc(Cl)cc2)C2CCOCC2)N1S(=O)(=O)c1ccccc1. The summed E-state index contributed by atoms with van der Waals surface area (Å²) in [5, 5.41) is 6.86. The van der Waals surface area contributed by atoms with Crippen LogP contribution in [0.3, 0.4) is 0 Å². The Bertz CT molecular complexity index is 1540. The van der Waals surface area contributed by atoms with Gasteiger partial charge in [0.2, 0.25) is 15.9 Å². The van der Waals surface area contributed by atoms with Crippen molar-refractivity contribution in [2.24, 2.45) is 11.7 Å². The van der Waals surface area contributed by atoms with Crippen LogP contribution in [0.2, 0.25) is 5.02 Å². The van der Waals surface area contributed by atoms with Crippen LogP contribution >= 0.6 is 11.6 Å². The van der Waals surface area contributed by atoms with Crippen molar-refractivity contribution < 1.29 is 22.3 Å². The molecule has 5 rings (SSSR count). The number of carbonyl (C=O) groups is 1. The van der Waals surface area contributed by atoms with Crippen molar-refractivity contribution in [3.8, 4) is 0 Å². The fraction of sp³-hybridized carbons (Fsp3) is 0.441. The first-order chi connectivity index (χ1) is 21.7. The minimum atomic E-state index is -3.71. The number of hydrogen-bond acceptors (Lipinski definition) is 6. The predicted octanol–water partition coefficient (Wildman–Crippen LogP) is 5.33. The van der Waals surface area contributed by atoms with Gasteiger partial charge in [0.1, 0.15) is 5.82 Å². The average Bonchev–Trinajstić information content (AvgIpc) is 3.04. The van der Waals surface area contributed by atoms with E-state index in [1.54, 1.807) is 58.9 Å². The maximum atomic E-state index is 15.2. The van der Waals surface area contributed by atoms with Crippen LogP contribution in [0.1, 0.15) is 49.7 Å². The number of nitrogens with zero attached hydrogens (tertiary/aromatic N) is 1. The number of nitrogens with two attached hydrogens (primary N) is 1. The zero-order valence-corrected chi connectivity index (χ0v) is 27.1. The molecule has 3 aromatic carbocycles. The molecule has 0 bridgehead atoms. The van der Waals surface area contributed by atoms with E-state index in [0.717, 1.165) is 18.4 Å². The summed E-state index contributed by atoms with van der Waals surface area (Å²) in [7, 11) is -3.71. The van der Waals surface area contributed by atoms with Gasteiger partial charge in [0.05, 0.1) is 10.9 Å². The molecule has 2 aliphatic rings. The number of ether oxygens (including phenoxy) is 1. The highest BCUT2D eigenvalue weighted by Gasteiger charge is 2.38. The summed E-state index contributed by atoms with van der Waals surface area (Å²) < 4.78 is 49.6. The first kappa shape index (κ1) is 33.5. The van der Waals surface area contributed by atoms with Crippen LogP contribution < -0.4 is 16.4 Å². The number of rotatable bonds is 11. The molecule has 0 saturated carbocycles. The van der Waals surface area contributed by atoms with Crippen LogP contribution in [0.5, 0.6) is 0 Å². The number of amides is 1. The summed E-state index contributed by atoms with van der Waals surface area (Å²) in [6, 6.07) is 19.1. The first-order valence-electron chi connectivity index (χ1n) is 15.6. The third-order valence-corrected chi connectivity index (χ3v) is 11.3. The molecule has 2 aliphatic heterocycles. The van der Waals surface area contributed by atoms with Crippen LogP contribution in [0, 0.1) is 11.7 Å². The van der Waals surface area contributed by atoms with Gasteiger partial charge in [-0.05, 0) is 86.9 Å². The molecule has 4 N–H and O–H groups in total. The second-order valence-electron chi connectivity index (χ2n) is 12.0. The van der Waals surface area contributed by atoms with Crippen molar-refractivity contribution >= 4 is 33.2 Å². The van der Waals surface area contributed by atoms with Crippen LogP contribution in [0.25, 0.3) is 0 Å². The Labute approximate surface area is 270 Å². The van der Waals surface area contributed by atoms with Crippen molar-refractivity contribution in [2.75, 3.05) is 31.6 Å². The maximum absolute atomic E-state index is 15.2. The zero-order chi connectivity index (χ0) is 32.0. The van der Waals surface area contributed by atoms with Gasteiger partial charge in [-0.3, -0.25) is 4.79 Å². The summed E-state index contributed by atoms with van der Waals surface area (Å²) in [4.78, 5) is 13.9. The predicted molar refractivity (Wildman–Crippen MR) is 175 cm³/mol. The molecule has 45 heavy (non-hydrogen) atoms. The van der Waals surface area contributed by atoms with E-state index in [1.165, 1.54) is 6.07 Å². The number of piperazine rings is 1. The van der Waals surface area contributed by atoms with Crippen molar-refractivity contribution in [3.63, 3.8) is 0 Å². The van der Waals surface area contributed by atoms with E-state index in [0.29, 0.717) is 61.8 Å². The summed E-state index contributed by atoms with van der Waals surface area (Å²) >= 11 is 6.14. The first-order valence-corrected chi connectivity index (χ1v) is 17.4. The van der Waals surface area contributed by atoms with Gasteiger partial charge in [0, 0.05) is 60.6 Å². The Balaban J connectivity index is 1.30. The van der Waals surface area contributed by atoms with Crippen molar-refractivity contribution in [1.29, 1.82) is 0 Å². The average molecular weight is 657 g/mol. The van der Waals surface area contributed by atoms with E-state index in [9.17, 15) is 13.2 Å². The normalized spacial score (nSPS) is 21.2. The third-order valence-electron chi connectivity index (χ3n) is 8.99. The van der Waals surface area contributed by atoms with Gasteiger partial charge in [0.15, 0.2) is 0 Å². The lowest BCUT2D eigenvalue weighted by Gasteiger charge is -2.40. The smallest absolute Gasteiger partial charge is 0.243 e. The fourth-order valence-corrected chi connectivity index (χ4v) is 8.72. The van der Waals surface area contributed by atoms with Gasteiger partial charge in [-0.2, -0.15) is 4.31 Å². The van der Waals surface area contributed by atoms with E-state index < -0.39 is 27.8 Å². The van der Waals surface area contributed by atoms with Crippen LogP contribution in [0.4, 0.5) is 10.1 Å². The summed E-state index contributed by atoms with van der Waals surface area (Å²) in [6.45, 7) is 4.17. The molecule has 0 spiro atoms. The highest BCUT2D eigenvalue weighted by atomic mass is 35.5. The molecule has 4 unspecified atom stereocenters. The van der Waals surface area contributed by atoms with E-state index in [2.05, 4.69) is 10.6 Å². The van der Waals surface area contributed by atoms with Crippen LogP contribution in [0.15, 0.2) is 77.7 Å². The Morgan fingerprint density at radius 2 is 1.78 bits per heavy atom. The van der Waals surface area contributed by atoms with Gasteiger partial charge >= 0.3 is 0 Å². The second kappa shape index (κ2) is 15.2. The lowest BCUT2D eigenvalue weighted by atomic mass is 9.76. The Kier molecular flexibility index (Phi) is 11.3. The molecule has 1 amide bonds. The molecule has 0 radical (unpaired) electrons. The maximum Gasteiger partial charge on any atom is 0.243 e. The van der Waals surface area contributed by atoms with E-state index >= 15 is 4.39 Å². The van der Waals surface area contributed by atoms with Crippen molar-refractivity contribution in [1.82, 2.24) is 9.62 Å². The van der Waals surface area contributed by atoms with Crippen molar-refractivity contribution in [2.45, 2.75) is 68.0 Å². The molecule has 0 aromatic heterocycles. The molecule has 2 saturated heterocycles. The minimum Gasteiger partial charge on any atom is -0.381 e. The number of nitrogens with one attached hydrogen (secondary N) is 2. The largest absolute Gasteiger partial charge is 0.381 e. The van der Waals surface area contributed by atoms with Gasteiger partial charge in [0.25, 0.3) is 0 Å². The number of halogens is 2. The summed E-state index contributed by atoms with van der Waals surface area (Å²) in [6.07, 6.45) is 2.93. The van der Waals surface area contributed by atoms with E-state index in [-0.39, 0.29) is 28.8 Å². The Hall–Kier alpha value is -2.86. The summed E-state index contributed by atoms with van der Waals surface area (Å²) in [5.74, 6) is -0.932. The number of anilines is 1. The minimum absolute atomic E-state index is 0.147. The molecule has 2 fully saturated rings. The molecular formula is C34H42ClFN4O4S.